The van der Waals surface area contributed by atoms with E-state index < -0.39 is 0 Å². The van der Waals surface area contributed by atoms with E-state index in [-0.39, 0.29) is 5.82 Å². The van der Waals surface area contributed by atoms with Gasteiger partial charge < -0.3 is 4.90 Å². The first-order chi connectivity index (χ1) is 8.75. The van der Waals surface area contributed by atoms with Gasteiger partial charge in [0.05, 0.1) is 5.69 Å². The summed E-state index contributed by atoms with van der Waals surface area (Å²) in [7, 11) is 0. The molecule has 0 bridgehead atoms. The topological polar surface area (TPSA) is 6.48 Å². The zero-order valence-electron chi connectivity index (χ0n) is 10.4. The summed E-state index contributed by atoms with van der Waals surface area (Å²) in [5.74, 6) is -0.117. The zero-order valence-corrected chi connectivity index (χ0v) is 12.0. The number of rotatable bonds is 1. The fourth-order valence-corrected chi connectivity index (χ4v) is 3.74. The van der Waals surface area contributed by atoms with E-state index in [2.05, 4.69) is 25.7 Å². The summed E-state index contributed by atoms with van der Waals surface area (Å²) >= 11 is 3.48. The molecule has 1 unspecified atom stereocenters. The van der Waals surface area contributed by atoms with Crippen LogP contribution in [0.15, 0.2) is 22.7 Å². The predicted molar refractivity (Wildman–Crippen MR) is 75.5 cm³/mol. The van der Waals surface area contributed by atoms with Gasteiger partial charge in [-0.25, -0.2) is 4.39 Å². The third-order valence-electron chi connectivity index (χ3n) is 4.09. The fraction of sp³-hybridized carbons (Fsp3) is 0.571. The third-order valence-corrected chi connectivity index (χ3v) is 4.73. The highest BCUT2D eigenvalue weighted by Crippen LogP contribution is 2.32. The zero-order chi connectivity index (χ0) is 12.5. The number of fused-ring (bicyclic) bond motifs is 1. The van der Waals surface area contributed by atoms with Crippen LogP contribution in [0.3, 0.4) is 0 Å². The molecule has 2 saturated heterocycles. The molecule has 2 aliphatic rings. The number of hydrogen-bond donors (Lipinski definition) is 0. The van der Waals surface area contributed by atoms with Crippen molar-refractivity contribution in [2.45, 2.75) is 25.3 Å². The van der Waals surface area contributed by atoms with Crippen LogP contribution in [0, 0.1) is 5.82 Å². The molecular weight excluding hydrogens is 295 g/mol. The Morgan fingerprint density at radius 1 is 1.17 bits per heavy atom. The SMILES string of the molecule is Fc1cccc(Br)c1N1CCN2CCCCC2C1. The Hall–Kier alpha value is -0.610. The van der Waals surface area contributed by atoms with Crippen LogP contribution >= 0.6 is 15.9 Å². The molecule has 2 fully saturated rings. The van der Waals surface area contributed by atoms with Gasteiger partial charge in [-0.15, -0.1) is 0 Å². The lowest BCUT2D eigenvalue weighted by molar-refractivity contribution is 0.133. The molecule has 3 rings (SSSR count). The summed E-state index contributed by atoms with van der Waals surface area (Å²) in [5, 5.41) is 0. The maximum atomic E-state index is 14.0. The molecule has 2 aliphatic heterocycles. The molecule has 1 aromatic carbocycles. The van der Waals surface area contributed by atoms with Crippen LogP contribution in [0.2, 0.25) is 0 Å². The first kappa shape index (κ1) is 12.4. The van der Waals surface area contributed by atoms with E-state index in [0.29, 0.717) is 6.04 Å². The van der Waals surface area contributed by atoms with Crippen LogP contribution in [-0.4, -0.2) is 37.1 Å². The number of piperazine rings is 1. The molecule has 0 aliphatic carbocycles. The van der Waals surface area contributed by atoms with Crippen LogP contribution in [-0.2, 0) is 0 Å². The molecule has 1 aromatic rings. The molecule has 0 saturated carbocycles. The van der Waals surface area contributed by atoms with E-state index in [4.69, 9.17) is 0 Å². The number of para-hydroxylation sites is 1. The van der Waals surface area contributed by atoms with Gasteiger partial charge in [-0.3, -0.25) is 4.90 Å². The Balaban J connectivity index is 1.81. The summed E-state index contributed by atoms with van der Waals surface area (Å²) in [6.45, 7) is 4.16. The van der Waals surface area contributed by atoms with Crippen LogP contribution in [0.1, 0.15) is 19.3 Å². The minimum atomic E-state index is -0.117. The molecule has 0 radical (unpaired) electrons. The maximum absolute atomic E-state index is 14.0. The standard InChI is InChI=1S/C14H18BrFN2/c15-12-5-3-6-13(16)14(12)18-9-8-17-7-2-1-4-11(17)10-18/h3,5-6,11H,1-2,4,7-10H2. The molecule has 1 atom stereocenters. The second-order valence-electron chi connectivity index (χ2n) is 5.20. The van der Waals surface area contributed by atoms with Crippen molar-refractivity contribution in [2.75, 3.05) is 31.1 Å². The molecular formula is C14H18BrFN2. The quantitative estimate of drug-likeness (QED) is 0.785. The number of benzene rings is 1. The third kappa shape index (κ3) is 2.28. The van der Waals surface area contributed by atoms with Crippen molar-refractivity contribution < 1.29 is 4.39 Å². The van der Waals surface area contributed by atoms with Gasteiger partial charge in [-0.2, -0.15) is 0 Å². The van der Waals surface area contributed by atoms with Crippen molar-refractivity contribution in [1.29, 1.82) is 0 Å². The highest BCUT2D eigenvalue weighted by Gasteiger charge is 2.30. The van der Waals surface area contributed by atoms with E-state index >= 15 is 0 Å². The normalized spacial score (nSPS) is 25.0. The second-order valence-corrected chi connectivity index (χ2v) is 6.06. The second kappa shape index (κ2) is 5.17. The Labute approximate surface area is 116 Å². The van der Waals surface area contributed by atoms with Crippen LogP contribution < -0.4 is 4.90 Å². The Kier molecular flexibility index (Phi) is 3.57. The summed E-state index contributed by atoms with van der Waals surface area (Å²) in [6.07, 6.45) is 3.88. The van der Waals surface area contributed by atoms with Gasteiger partial charge in [0.2, 0.25) is 0 Å². The number of anilines is 1. The van der Waals surface area contributed by atoms with Crippen molar-refractivity contribution in [2.24, 2.45) is 0 Å². The minimum Gasteiger partial charge on any atom is -0.365 e. The van der Waals surface area contributed by atoms with Crippen LogP contribution in [0.4, 0.5) is 10.1 Å². The first-order valence-electron chi connectivity index (χ1n) is 6.69. The number of piperidine rings is 1. The average Bonchev–Trinajstić information content (AvgIpc) is 2.38. The Bertz CT molecular complexity index is 418. The van der Waals surface area contributed by atoms with E-state index in [1.54, 1.807) is 12.1 Å². The summed E-state index contributed by atoms with van der Waals surface area (Å²) < 4.78 is 14.8. The van der Waals surface area contributed by atoms with Gasteiger partial charge in [0, 0.05) is 30.1 Å². The molecule has 0 N–H and O–H groups in total. The average molecular weight is 313 g/mol. The van der Waals surface area contributed by atoms with Crippen molar-refractivity contribution in [3.63, 3.8) is 0 Å². The van der Waals surface area contributed by atoms with Crippen molar-refractivity contribution in [1.82, 2.24) is 4.90 Å². The van der Waals surface area contributed by atoms with E-state index in [1.807, 2.05) is 6.07 Å². The predicted octanol–water partition coefficient (Wildman–Crippen LogP) is 3.26. The highest BCUT2D eigenvalue weighted by molar-refractivity contribution is 9.10. The van der Waals surface area contributed by atoms with Gasteiger partial charge in [-0.1, -0.05) is 12.5 Å². The van der Waals surface area contributed by atoms with E-state index in [0.717, 1.165) is 29.8 Å². The van der Waals surface area contributed by atoms with E-state index in [1.165, 1.54) is 25.8 Å². The van der Waals surface area contributed by atoms with E-state index in [9.17, 15) is 4.39 Å². The van der Waals surface area contributed by atoms with Gasteiger partial charge in [0.15, 0.2) is 0 Å². The number of halogens is 2. The van der Waals surface area contributed by atoms with Gasteiger partial charge >= 0.3 is 0 Å². The van der Waals surface area contributed by atoms with Crippen molar-refractivity contribution in [3.05, 3.63) is 28.5 Å². The molecule has 18 heavy (non-hydrogen) atoms. The fourth-order valence-electron chi connectivity index (χ4n) is 3.15. The maximum Gasteiger partial charge on any atom is 0.147 e. The molecule has 2 nitrogen and oxygen atoms in total. The number of hydrogen-bond acceptors (Lipinski definition) is 2. The Morgan fingerprint density at radius 3 is 2.89 bits per heavy atom. The summed E-state index contributed by atoms with van der Waals surface area (Å²) in [4.78, 5) is 4.76. The lowest BCUT2D eigenvalue weighted by Crippen LogP contribution is -2.55. The summed E-state index contributed by atoms with van der Waals surface area (Å²) in [6, 6.07) is 5.83. The smallest absolute Gasteiger partial charge is 0.147 e. The monoisotopic (exact) mass is 312 g/mol. The van der Waals surface area contributed by atoms with Crippen molar-refractivity contribution >= 4 is 21.6 Å². The molecule has 0 aromatic heterocycles. The van der Waals surface area contributed by atoms with Crippen LogP contribution in [0.5, 0.6) is 0 Å². The molecule has 2 heterocycles. The van der Waals surface area contributed by atoms with Crippen molar-refractivity contribution in [3.8, 4) is 0 Å². The molecule has 98 valence electrons. The molecule has 0 amide bonds. The lowest BCUT2D eigenvalue weighted by atomic mass is 9.99. The lowest BCUT2D eigenvalue weighted by Gasteiger charge is -2.45. The minimum absolute atomic E-state index is 0.117. The molecule has 4 heteroatoms. The first-order valence-corrected chi connectivity index (χ1v) is 7.48. The number of nitrogens with zero attached hydrogens (tertiary/aromatic N) is 2. The van der Waals surface area contributed by atoms with Gasteiger partial charge in [0.25, 0.3) is 0 Å². The highest BCUT2D eigenvalue weighted by atomic mass is 79.9. The van der Waals surface area contributed by atoms with Gasteiger partial charge in [-0.05, 0) is 47.4 Å². The Morgan fingerprint density at radius 2 is 2.06 bits per heavy atom. The summed E-state index contributed by atoms with van der Waals surface area (Å²) in [5.41, 5.74) is 0.739. The largest absolute Gasteiger partial charge is 0.365 e. The van der Waals surface area contributed by atoms with Crippen LogP contribution in [0.25, 0.3) is 0 Å². The van der Waals surface area contributed by atoms with Gasteiger partial charge in [0.1, 0.15) is 5.82 Å². The molecule has 0 spiro atoms.